The SMILES string of the molecule is O=C1C2CN(CCS(=O)(=O)c3ccccc3)CCN2C(=O)N1c1ccc2c(c1)OCO2. The summed E-state index contributed by atoms with van der Waals surface area (Å²) >= 11 is 0. The van der Waals surface area contributed by atoms with Crippen LogP contribution in [0.15, 0.2) is 53.4 Å². The lowest BCUT2D eigenvalue weighted by molar-refractivity contribution is -0.121. The number of ether oxygens (including phenoxy) is 2. The summed E-state index contributed by atoms with van der Waals surface area (Å²) in [7, 11) is -3.41. The maximum atomic E-state index is 13.1. The first-order valence-electron chi connectivity index (χ1n) is 9.98. The van der Waals surface area contributed by atoms with Gasteiger partial charge in [-0.15, -0.1) is 0 Å². The Morgan fingerprint density at radius 2 is 1.74 bits per heavy atom. The minimum absolute atomic E-state index is 0.0439. The van der Waals surface area contributed by atoms with Gasteiger partial charge in [-0.25, -0.2) is 18.1 Å². The van der Waals surface area contributed by atoms with E-state index in [0.29, 0.717) is 43.4 Å². The van der Waals surface area contributed by atoms with Gasteiger partial charge >= 0.3 is 6.03 Å². The Hall–Kier alpha value is -3.11. The summed E-state index contributed by atoms with van der Waals surface area (Å²) in [4.78, 5) is 30.9. The van der Waals surface area contributed by atoms with Gasteiger partial charge in [0.15, 0.2) is 21.3 Å². The summed E-state index contributed by atoms with van der Waals surface area (Å²) in [5.41, 5.74) is 0.437. The van der Waals surface area contributed by atoms with Gasteiger partial charge in [0.2, 0.25) is 6.79 Å². The summed E-state index contributed by atoms with van der Waals surface area (Å²) < 4.78 is 35.8. The van der Waals surface area contributed by atoms with Crippen LogP contribution in [0.1, 0.15) is 0 Å². The normalized spacial score (nSPS) is 21.0. The minimum atomic E-state index is -3.41. The Balaban J connectivity index is 1.28. The van der Waals surface area contributed by atoms with E-state index >= 15 is 0 Å². The molecular formula is C21H21N3O6S. The number of benzene rings is 2. The van der Waals surface area contributed by atoms with Crippen molar-refractivity contribution in [3.63, 3.8) is 0 Å². The van der Waals surface area contributed by atoms with Crippen molar-refractivity contribution in [2.45, 2.75) is 10.9 Å². The highest BCUT2D eigenvalue weighted by molar-refractivity contribution is 7.91. The summed E-state index contributed by atoms with van der Waals surface area (Å²) in [6.45, 7) is 1.58. The van der Waals surface area contributed by atoms with Gasteiger partial charge in [-0.3, -0.25) is 9.69 Å². The number of nitrogens with zero attached hydrogens (tertiary/aromatic N) is 3. The third-order valence-electron chi connectivity index (χ3n) is 5.80. The molecule has 0 aromatic heterocycles. The van der Waals surface area contributed by atoms with Crippen LogP contribution in [0.5, 0.6) is 11.5 Å². The Kier molecular flexibility index (Phi) is 4.82. The third kappa shape index (κ3) is 3.51. The van der Waals surface area contributed by atoms with Crippen molar-refractivity contribution in [3.8, 4) is 11.5 Å². The van der Waals surface area contributed by atoms with E-state index in [9.17, 15) is 18.0 Å². The molecule has 0 bridgehead atoms. The van der Waals surface area contributed by atoms with Crippen LogP contribution in [0.3, 0.4) is 0 Å². The molecule has 0 radical (unpaired) electrons. The van der Waals surface area contributed by atoms with Crippen LogP contribution in [0.4, 0.5) is 10.5 Å². The fourth-order valence-corrected chi connectivity index (χ4v) is 5.42. The lowest BCUT2D eigenvalue weighted by Gasteiger charge is -2.35. The van der Waals surface area contributed by atoms with Crippen molar-refractivity contribution in [1.82, 2.24) is 9.80 Å². The number of hydrogen-bond acceptors (Lipinski definition) is 7. The van der Waals surface area contributed by atoms with Gasteiger partial charge in [0, 0.05) is 32.2 Å². The smallest absolute Gasteiger partial charge is 0.332 e. The fourth-order valence-electron chi connectivity index (χ4n) is 4.11. The molecule has 3 heterocycles. The average Bonchev–Trinajstić information content (AvgIpc) is 3.35. The molecule has 3 aliphatic rings. The van der Waals surface area contributed by atoms with Gasteiger partial charge in [-0.05, 0) is 24.3 Å². The highest BCUT2D eigenvalue weighted by Gasteiger charge is 2.48. The van der Waals surface area contributed by atoms with E-state index in [-0.39, 0.29) is 29.4 Å². The van der Waals surface area contributed by atoms with Crippen molar-refractivity contribution in [2.75, 3.05) is 43.6 Å². The molecule has 0 spiro atoms. The number of carbonyl (C=O) groups is 2. The first-order chi connectivity index (χ1) is 14.9. The second kappa shape index (κ2) is 7.54. The highest BCUT2D eigenvalue weighted by Crippen LogP contribution is 2.37. The lowest BCUT2D eigenvalue weighted by Crippen LogP contribution is -2.53. The summed E-state index contributed by atoms with van der Waals surface area (Å²) in [6.07, 6.45) is 0. The zero-order valence-electron chi connectivity index (χ0n) is 16.6. The van der Waals surface area contributed by atoms with Crippen LogP contribution >= 0.6 is 0 Å². The van der Waals surface area contributed by atoms with Crippen LogP contribution in [-0.2, 0) is 14.6 Å². The van der Waals surface area contributed by atoms with Crippen molar-refractivity contribution in [3.05, 3.63) is 48.5 Å². The Labute approximate surface area is 179 Å². The van der Waals surface area contributed by atoms with E-state index in [0.717, 1.165) is 4.90 Å². The molecule has 10 heteroatoms. The summed E-state index contributed by atoms with van der Waals surface area (Å²) in [5.74, 6) is 0.708. The van der Waals surface area contributed by atoms with Crippen LogP contribution in [0.25, 0.3) is 0 Å². The highest BCUT2D eigenvalue weighted by atomic mass is 32.2. The molecule has 5 rings (SSSR count). The maximum Gasteiger partial charge on any atom is 0.332 e. The molecule has 3 amide bonds. The zero-order valence-corrected chi connectivity index (χ0v) is 17.5. The number of urea groups is 1. The number of carbonyl (C=O) groups excluding carboxylic acids is 2. The van der Waals surface area contributed by atoms with Gasteiger partial charge in [-0.2, -0.15) is 0 Å². The summed E-state index contributed by atoms with van der Waals surface area (Å²) in [5, 5.41) is 0. The predicted octanol–water partition coefficient (Wildman–Crippen LogP) is 1.34. The number of fused-ring (bicyclic) bond motifs is 2. The number of anilines is 1. The van der Waals surface area contributed by atoms with Crippen LogP contribution in [-0.4, -0.2) is 74.9 Å². The molecule has 1 unspecified atom stereocenters. The monoisotopic (exact) mass is 443 g/mol. The lowest BCUT2D eigenvalue weighted by atomic mass is 10.2. The quantitative estimate of drug-likeness (QED) is 0.644. The molecule has 1 atom stereocenters. The molecule has 9 nitrogen and oxygen atoms in total. The average molecular weight is 443 g/mol. The predicted molar refractivity (Wildman–Crippen MR) is 111 cm³/mol. The van der Waals surface area contributed by atoms with Crippen molar-refractivity contribution < 1.29 is 27.5 Å². The first kappa shape index (κ1) is 19.8. The van der Waals surface area contributed by atoms with E-state index in [1.807, 2.05) is 4.90 Å². The van der Waals surface area contributed by atoms with Crippen LogP contribution < -0.4 is 14.4 Å². The maximum absolute atomic E-state index is 13.1. The number of amides is 3. The van der Waals surface area contributed by atoms with E-state index in [2.05, 4.69) is 0 Å². The largest absolute Gasteiger partial charge is 0.454 e. The standard InChI is InChI=1S/C21H21N3O6S/c25-20-17-13-22(10-11-31(27,28)16-4-2-1-3-5-16)8-9-23(17)21(26)24(20)15-6-7-18-19(12-15)30-14-29-18/h1-7,12,17H,8-11,13-14H2. The molecule has 162 valence electrons. The molecule has 0 N–H and O–H groups in total. The number of rotatable bonds is 5. The minimum Gasteiger partial charge on any atom is -0.454 e. The molecule has 2 aromatic carbocycles. The number of sulfone groups is 1. The van der Waals surface area contributed by atoms with Crippen molar-refractivity contribution >= 4 is 27.5 Å². The topological polar surface area (TPSA) is 96.5 Å². The van der Waals surface area contributed by atoms with E-state index in [4.69, 9.17) is 9.47 Å². The van der Waals surface area contributed by atoms with Gasteiger partial charge in [0.05, 0.1) is 16.3 Å². The molecule has 2 saturated heterocycles. The van der Waals surface area contributed by atoms with E-state index < -0.39 is 15.9 Å². The summed E-state index contributed by atoms with van der Waals surface area (Å²) in [6, 6.07) is 12.3. The molecule has 0 aliphatic carbocycles. The molecule has 31 heavy (non-hydrogen) atoms. The molecule has 0 saturated carbocycles. The Bertz CT molecular complexity index is 1140. The number of hydrogen-bond donors (Lipinski definition) is 0. The van der Waals surface area contributed by atoms with E-state index in [1.165, 1.54) is 0 Å². The number of piperazine rings is 1. The molecular weight excluding hydrogens is 422 g/mol. The van der Waals surface area contributed by atoms with Crippen LogP contribution in [0.2, 0.25) is 0 Å². The van der Waals surface area contributed by atoms with Crippen molar-refractivity contribution in [1.29, 1.82) is 0 Å². The molecule has 2 fully saturated rings. The zero-order chi connectivity index (χ0) is 21.6. The second-order valence-corrected chi connectivity index (χ2v) is 9.74. The first-order valence-corrected chi connectivity index (χ1v) is 11.6. The van der Waals surface area contributed by atoms with Gasteiger partial charge in [-0.1, -0.05) is 18.2 Å². The van der Waals surface area contributed by atoms with Gasteiger partial charge < -0.3 is 14.4 Å². The fraction of sp³-hybridized carbons (Fsp3) is 0.333. The van der Waals surface area contributed by atoms with Gasteiger partial charge in [0.1, 0.15) is 6.04 Å². The Morgan fingerprint density at radius 1 is 0.968 bits per heavy atom. The second-order valence-electron chi connectivity index (χ2n) is 7.64. The molecule has 2 aromatic rings. The number of imide groups is 1. The van der Waals surface area contributed by atoms with E-state index in [1.54, 1.807) is 53.4 Å². The molecule has 3 aliphatic heterocycles. The Morgan fingerprint density at radius 3 is 2.55 bits per heavy atom. The van der Waals surface area contributed by atoms with Gasteiger partial charge in [0.25, 0.3) is 5.91 Å². The van der Waals surface area contributed by atoms with Crippen LogP contribution in [0, 0.1) is 0 Å². The third-order valence-corrected chi connectivity index (χ3v) is 7.51. The van der Waals surface area contributed by atoms with Crippen molar-refractivity contribution in [2.24, 2.45) is 0 Å².